The Morgan fingerprint density at radius 1 is 1.31 bits per heavy atom. The first-order valence-corrected chi connectivity index (χ1v) is 10.5. The molecule has 0 spiro atoms. The summed E-state index contributed by atoms with van der Waals surface area (Å²) < 4.78 is 32.5. The molecule has 2 heterocycles. The van der Waals surface area contributed by atoms with Crippen molar-refractivity contribution < 1.29 is 17.7 Å². The summed E-state index contributed by atoms with van der Waals surface area (Å²) in [6.07, 6.45) is 4.53. The third kappa shape index (κ3) is 3.91. The van der Waals surface area contributed by atoms with Crippen molar-refractivity contribution in [2.24, 2.45) is 0 Å². The minimum atomic E-state index is -3.45. The number of carbonyl (C=O) groups excluding carboxylic acids is 1. The van der Waals surface area contributed by atoms with Crippen molar-refractivity contribution in [1.29, 1.82) is 0 Å². The summed E-state index contributed by atoms with van der Waals surface area (Å²) in [4.78, 5) is 18.3. The Labute approximate surface area is 154 Å². The Morgan fingerprint density at radius 3 is 2.62 bits per heavy atom. The van der Waals surface area contributed by atoms with E-state index in [1.165, 1.54) is 36.1 Å². The lowest BCUT2D eigenvalue weighted by Crippen LogP contribution is -2.44. The molecule has 0 aromatic carbocycles. The summed E-state index contributed by atoms with van der Waals surface area (Å²) in [5.74, 6) is 1.63. The molecule has 26 heavy (non-hydrogen) atoms. The fourth-order valence-corrected chi connectivity index (χ4v) is 4.57. The van der Waals surface area contributed by atoms with E-state index >= 15 is 0 Å². The fourth-order valence-electron chi connectivity index (χ4n) is 3.41. The monoisotopic (exact) mass is 385 g/mol. The molecule has 9 nitrogen and oxygen atoms in total. The molecule has 1 atom stereocenters. The quantitative estimate of drug-likeness (QED) is 0.682. The van der Waals surface area contributed by atoms with Gasteiger partial charge >= 0.3 is 0 Å². The van der Waals surface area contributed by atoms with Crippen molar-refractivity contribution in [3.63, 3.8) is 0 Å². The molecule has 2 fully saturated rings. The SMILES string of the molecule is CC(=O)N(CCc1noc(C2CCC2)n1)[C@H]1CCN(S(=O)(=O)N(C)C)C1. The van der Waals surface area contributed by atoms with Gasteiger partial charge in [-0.05, 0) is 19.3 Å². The highest BCUT2D eigenvalue weighted by atomic mass is 32.2. The minimum Gasteiger partial charge on any atom is -0.339 e. The summed E-state index contributed by atoms with van der Waals surface area (Å²) in [7, 11) is -0.419. The molecule has 10 heteroatoms. The maximum Gasteiger partial charge on any atom is 0.281 e. The van der Waals surface area contributed by atoms with E-state index in [1.54, 1.807) is 4.90 Å². The summed E-state index contributed by atoms with van der Waals surface area (Å²) in [5.41, 5.74) is 0. The predicted octanol–water partition coefficient (Wildman–Crippen LogP) is 0.609. The fraction of sp³-hybridized carbons (Fsp3) is 0.812. The zero-order chi connectivity index (χ0) is 18.9. The van der Waals surface area contributed by atoms with Crippen molar-refractivity contribution in [2.45, 2.75) is 51.0 Å². The standard InChI is InChI=1S/C16H27N5O4S/c1-12(22)21(14-7-9-20(11-14)26(23,24)19(2)3)10-8-15-17-16(25-18-15)13-5-4-6-13/h13-14H,4-11H2,1-3H3/t14-/m0/s1. The van der Waals surface area contributed by atoms with Crippen molar-refractivity contribution in [1.82, 2.24) is 23.7 Å². The van der Waals surface area contributed by atoms with Crippen LogP contribution in [0.15, 0.2) is 4.52 Å². The maximum absolute atomic E-state index is 12.3. The summed E-state index contributed by atoms with van der Waals surface area (Å²) in [6, 6.07) is -0.125. The number of nitrogens with zero attached hydrogens (tertiary/aromatic N) is 5. The molecule has 146 valence electrons. The second kappa shape index (κ2) is 7.61. The lowest BCUT2D eigenvalue weighted by Gasteiger charge is -2.28. The highest BCUT2D eigenvalue weighted by Gasteiger charge is 2.36. The molecule has 1 saturated carbocycles. The summed E-state index contributed by atoms with van der Waals surface area (Å²) in [6.45, 7) is 2.71. The Bertz CT molecular complexity index is 744. The van der Waals surface area contributed by atoms with Crippen LogP contribution >= 0.6 is 0 Å². The average Bonchev–Trinajstić information content (AvgIpc) is 3.15. The van der Waals surface area contributed by atoms with Crippen LogP contribution in [0.4, 0.5) is 0 Å². The van der Waals surface area contributed by atoms with Gasteiger partial charge in [0.25, 0.3) is 10.2 Å². The van der Waals surface area contributed by atoms with Crippen LogP contribution in [0, 0.1) is 0 Å². The van der Waals surface area contributed by atoms with Crippen LogP contribution in [0.5, 0.6) is 0 Å². The molecule has 0 unspecified atom stereocenters. The minimum absolute atomic E-state index is 0.0678. The number of aromatic nitrogens is 2. The van der Waals surface area contributed by atoms with Gasteiger partial charge in [0.2, 0.25) is 11.8 Å². The Balaban J connectivity index is 1.59. The predicted molar refractivity (Wildman–Crippen MR) is 94.6 cm³/mol. The number of amides is 1. The first-order valence-electron chi connectivity index (χ1n) is 9.06. The van der Waals surface area contributed by atoms with Gasteiger partial charge in [-0.1, -0.05) is 11.6 Å². The van der Waals surface area contributed by atoms with Gasteiger partial charge in [0, 0.05) is 59.0 Å². The molecule has 3 rings (SSSR count). The van der Waals surface area contributed by atoms with Crippen LogP contribution in [-0.4, -0.2) is 77.7 Å². The van der Waals surface area contributed by atoms with Crippen LogP contribution in [0.25, 0.3) is 0 Å². The van der Waals surface area contributed by atoms with Crippen LogP contribution in [0.1, 0.15) is 50.2 Å². The van der Waals surface area contributed by atoms with Gasteiger partial charge in [-0.2, -0.15) is 22.0 Å². The van der Waals surface area contributed by atoms with Crippen LogP contribution in [0.3, 0.4) is 0 Å². The van der Waals surface area contributed by atoms with E-state index in [0.29, 0.717) is 50.1 Å². The summed E-state index contributed by atoms with van der Waals surface area (Å²) >= 11 is 0. The van der Waals surface area contributed by atoms with Gasteiger partial charge in [0.1, 0.15) is 0 Å². The molecule has 1 saturated heterocycles. The lowest BCUT2D eigenvalue weighted by molar-refractivity contribution is -0.130. The smallest absolute Gasteiger partial charge is 0.281 e. The van der Waals surface area contributed by atoms with E-state index in [1.807, 2.05) is 0 Å². The van der Waals surface area contributed by atoms with Crippen LogP contribution in [-0.2, 0) is 21.4 Å². The first-order chi connectivity index (χ1) is 12.3. The van der Waals surface area contributed by atoms with Crippen molar-refractivity contribution in [2.75, 3.05) is 33.7 Å². The summed E-state index contributed by atoms with van der Waals surface area (Å²) in [5, 5.41) is 4.02. The van der Waals surface area contributed by atoms with Gasteiger partial charge < -0.3 is 9.42 Å². The lowest BCUT2D eigenvalue weighted by atomic mass is 9.85. The second-order valence-corrected chi connectivity index (χ2v) is 9.37. The Hall–Kier alpha value is -1.52. The molecular weight excluding hydrogens is 358 g/mol. The van der Waals surface area contributed by atoms with Gasteiger partial charge in [0.05, 0.1) is 0 Å². The number of hydrogen-bond acceptors (Lipinski definition) is 6. The van der Waals surface area contributed by atoms with E-state index in [0.717, 1.165) is 12.8 Å². The zero-order valence-corrected chi connectivity index (χ0v) is 16.4. The van der Waals surface area contributed by atoms with Crippen molar-refractivity contribution in [3.05, 3.63) is 11.7 Å². The van der Waals surface area contributed by atoms with Crippen molar-refractivity contribution >= 4 is 16.1 Å². The number of hydrogen-bond donors (Lipinski definition) is 0. The molecule has 2 aliphatic rings. The number of carbonyl (C=O) groups is 1. The molecule has 1 aliphatic heterocycles. The topological polar surface area (TPSA) is 99.9 Å². The third-order valence-electron chi connectivity index (χ3n) is 5.27. The third-order valence-corrected chi connectivity index (χ3v) is 7.18. The average molecular weight is 385 g/mol. The van der Waals surface area contributed by atoms with Gasteiger partial charge in [-0.25, -0.2) is 0 Å². The van der Waals surface area contributed by atoms with E-state index in [9.17, 15) is 13.2 Å². The molecule has 1 aliphatic carbocycles. The van der Waals surface area contributed by atoms with Crippen LogP contribution in [0.2, 0.25) is 0 Å². The Morgan fingerprint density at radius 2 is 2.04 bits per heavy atom. The largest absolute Gasteiger partial charge is 0.339 e. The van der Waals surface area contributed by atoms with E-state index in [2.05, 4.69) is 10.1 Å². The highest BCUT2D eigenvalue weighted by molar-refractivity contribution is 7.86. The molecule has 1 aromatic rings. The van der Waals surface area contributed by atoms with Crippen LogP contribution < -0.4 is 0 Å². The maximum atomic E-state index is 12.3. The molecule has 0 bridgehead atoms. The molecule has 1 amide bonds. The normalized spacial score (nSPS) is 21.9. The van der Waals surface area contributed by atoms with Gasteiger partial charge in [-0.3, -0.25) is 4.79 Å². The van der Waals surface area contributed by atoms with Gasteiger partial charge in [0.15, 0.2) is 5.82 Å². The van der Waals surface area contributed by atoms with Crippen molar-refractivity contribution in [3.8, 4) is 0 Å². The molecular formula is C16H27N5O4S. The molecule has 1 aromatic heterocycles. The zero-order valence-electron chi connectivity index (χ0n) is 15.6. The molecule has 0 radical (unpaired) electrons. The molecule has 0 N–H and O–H groups in total. The highest BCUT2D eigenvalue weighted by Crippen LogP contribution is 2.35. The number of rotatable bonds is 7. The first kappa shape index (κ1) is 19.2. The van der Waals surface area contributed by atoms with E-state index < -0.39 is 10.2 Å². The Kier molecular flexibility index (Phi) is 5.64. The van der Waals surface area contributed by atoms with E-state index in [4.69, 9.17) is 4.52 Å². The van der Waals surface area contributed by atoms with E-state index in [-0.39, 0.29) is 11.9 Å². The second-order valence-electron chi connectivity index (χ2n) is 7.23. The van der Waals surface area contributed by atoms with Gasteiger partial charge in [-0.15, -0.1) is 0 Å².